The van der Waals surface area contributed by atoms with Gasteiger partial charge in [-0.15, -0.1) is 0 Å². The number of hydrazone groups is 1. The van der Waals surface area contributed by atoms with E-state index in [2.05, 4.69) is 41.3 Å². The Bertz CT molecular complexity index is 1380. The zero-order chi connectivity index (χ0) is 22.9. The summed E-state index contributed by atoms with van der Waals surface area (Å²) in [5.41, 5.74) is 5.86. The quantitative estimate of drug-likeness (QED) is 0.321. The molecule has 3 aromatic carbocycles. The fourth-order valence-corrected chi connectivity index (χ4v) is 4.65. The first-order valence-corrected chi connectivity index (χ1v) is 11.7. The minimum atomic E-state index is 0.649. The monoisotopic (exact) mass is 471 g/mol. The maximum atomic E-state index is 6.28. The number of hydrogen-bond donors (Lipinski definition) is 0. The van der Waals surface area contributed by atoms with E-state index in [0.29, 0.717) is 10.2 Å². The van der Waals surface area contributed by atoms with Crippen molar-refractivity contribution in [3.05, 3.63) is 89.0 Å². The van der Waals surface area contributed by atoms with Crippen LogP contribution in [0.15, 0.2) is 88.5 Å². The second-order valence-electron chi connectivity index (χ2n) is 7.92. The van der Waals surface area contributed by atoms with Gasteiger partial charge in [0.05, 0.1) is 21.6 Å². The van der Waals surface area contributed by atoms with Crippen LogP contribution in [-0.4, -0.2) is 30.6 Å². The molecule has 2 heterocycles. The number of rotatable bonds is 4. The third-order valence-corrected chi connectivity index (χ3v) is 6.50. The number of halogens is 1. The van der Waals surface area contributed by atoms with Crippen LogP contribution in [0.25, 0.3) is 16.3 Å². The number of aromatic nitrogens is 1. The molecule has 5 nitrogen and oxygen atoms in total. The summed E-state index contributed by atoms with van der Waals surface area (Å²) < 4.78 is 1.10. The molecule has 4 aromatic rings. The van der Waals surface area contributed by atoms with Crippen molar-refractivity contribution in [1.29, 1.82) is 0 Å². The fraction of sp³-hybridized carbons (Fsp3) is 0.115. The fourth-order valence-electron chi connectivity index (χ4n) is 3.63. The van der Waals surface area contributed by atoms with E-state index in [4.69, 9.17) is 26.7 Å². The Balaban J connectivity index is 1.62. The van der Waals surface area contributed by atoms with Crippen molar-refractivity contribution in [1.82, 2.24) is 4.98 Å². The van der Waals surface area contributed by atoms with Gasteiger partial charge in [0.15, 0.2) is 5.84 Å². The highest BCUT2D eigenvalue weighted by Gasteiger charge is 2.27. The van der Waals surface area contributed by atoms with Gasteiger partial charge in [0, 0.05) is 30.4 Å². The molecular formula is C26H22ClN5S. The predicted octanol–water partition coefficient (Wildman–Crippen LogP) is 7.03. The molecule has 0 saturated carbocycles. The molecule has 164 valence electrons. The van der Waals surface area contributed by atoms with E-state index in [1.54, 1.807) is 11.3 Å². The Morgan fingerprint density at radius 3 is 2.52 bits per heavy atom. The molecule has 1 aromatic heterocycles. The lowest BCUT2D eigenvalue weighted by atomic mass is 10.1. The van der Waals surface area contributed by atoms with Crippen molar-refractivity contribution in [2.45, 2.75) is 6.92 Å². The number of fused-ring (bicyclic) bond motifs is 1. The van der Waals surface area contributed by atoms with Crippen LogP contribution >= 0.6 is 22.9 Å². The molecular weight excluding hydrogens is 450 g/mol. The lowest BCUT2D eigenvalue weighted by molar-refractivity contribution is 1.13. The van der Waals surface area contributed by atoms with Gasteiger partial charge in [-0.05, 0) is 61.0 Å². The smallest absolute Gasteiger partial charge is 0.212 e. The average molecular weight is 472 g/mol. The average Bonchev–Trinajstić information content (AvgIpc) is 3.35. The molecule has 1 aliphatic rings. The maximum absolute atomic E-state index is 6.28. The molecule has 0 unspecified atom stereocenters. The number of para-hydroxylation sites is 1. The van der Waals surface area contributed by atoms with E-state index >= 15 is 0 Å². The maximum Gasteiger partial charge on any atom is 0.212 e. The Labute approximate surface area is 202 Å². The molecule has 0 saturated heterocycles. The third kappa shape index (κ3) is 4.40. The Kier molecular flexibility index (Phi) is 5.70. The van der Waals surface area contributed by atoms with Crippen molar-refractivity contribution < 1.29 is 0 Å². The molecule has 0 amide bonds. The minimum absolute atomic E-state index is 0.649. The predicted molar refractivity (Wildman–Crippen MR) is 143 cm³/mol. The highest BCUT2D eigenvalue weighted by atomic mass is 35.5. The van der Waals surface area contributed by atoms with Crippen molar-refractivity contribution in [3.8, 4) is 0 Å². The molecule has 7 heteroatoms. The molecule has 0 spiro atoms. The number of thiazole rings is 1. The van der Waals surface area contributed by atoms with Gasteiger partial charge < -0.3 is 4.90 Å². The lowest BCUT2D eigenvalue weighted by Gasteiger charge is -2.16. The van der Waals surface area contributed by atoms with Crippen LogP contribution in [0, 0.1) is 0 Å². The van der Waals surface area contributed by atoms with Gasteiger partial charge in [0.25, 0.3) is 0 Å². The number of aliphatic imine (C=N–C) groups is 1. The molecule has 0 radical (unpaired) electrons. The highest BCUT2D eigenvalue weighted by Crippen LogP contribution is 2.33. The summed E-state index contributed by atoms with van der Waals surface area (Å²) in [5.74, 6) is 0.727. The third-order valence-electron chi connectivity index (χ3n) is 5.34. The first-order chi connectivity index (χ1) is 16.0. The van der Waals surface area contributed by atoms with E-state index in [0.717, 1.165) is 44.3 Å². The second-order valence-corrected chi connectivity index (χ2v) is 9.37. The standard InChI is InChI=1S/C26H22ClN5S/c1-17-22(15-18-11-13-20(14-12-18)31(2)3)25(32(30-17)21-8-6-7-19(27)16-21)29-26-28-23-9-4-5-10-24(23)33-26/h4-16H,1-3H3/b22-15-,29-25+. The van der Waals surface area contributed by atoms with Gasteiger partial charge in [-0.1, -0.05) is 53.3 Å². The summed E-state index contributed by atoms with van der Waals surface area (Å²) in [6, 6.07) is 24.1. The Morgan fingerprint density at radius 2 is 1.79 bits per heavy atom. The van der Waals surface area contributed by atoms with Crippen LogP contribution in [0.3, 0.4) is 0 Å². The Morgan fingerprint density at radius 1 is 1.00 bits per heavy atom. The van der Waals surface area contributed by atoms with Crippen LogP contribution in [0.1, 0.15) is 12.5 Å². The van der Waals surface area contributed by atoms with Crippen molar-refractivity contribution in [2.75, 3.05) is 24.0 Å². The number of anilines is 2. The lowest BCUT2D eigenvalue weighted by Crippen LogP contribution is -2.21. The van der Waals surface area contributed by atoms with Crippen LogP contribution < -0.4 is 9.91 Å². The number of hydrogen-bond acceptors (Lipinski definition) is 5. The minimum Gasteiger partial charge on any atom is -0.378 e. The summed E-state index contributed by atoms with van der Waals surface area (Å²) in [6.45, 7) is 2.00. The van der Waals surface area contributed by atoms with Crippen LogP contribution in [0.2, 0.25) is 5.02 Å². The number of nitrogens with zero attached hydrogens (tertiary/aromatic N) is 5. The Hall–Kier alpha value is -3.48. The van der Waals surface area contributed by atoms with E-state index < -0.39 is 0 Å². The van der Waals surface area contributed by atoms with Crippen molar-refractivity contribution >= 4 is 67.3 Å². The topological polar surface area (TPSA) is 44.1 Å². The van der Waals surface area contributed by atoms with Crippen molar-refractivity contribution in [3.63, 3.8) is 0 Å². The molecule has 0 bridgehead atoms. The largest absolute Gasteiger partial charge is 0.378 e. The zero-order valence-electron chi connectivity index (χ0n) is 18.5. The van der Waals surface area contributed by atoms with E-state index in [9.17, 15) is 0 Å². The first kappa shape index (κ1) is 21.4. The van der Waals surface area contributed by atoms with Gasteiger partial charge >= 0.3 is 0 Å². The number of amidine groups is 1. The van der Waals surface area contributed by atoms with Crippen LogP contribution in [0.5, 0.6) is 0 Å². The summed E-state index contributed by atoms with van der Waals surface area (Å²) in [7, 11) is 4.07. The normalized spacial score (nSPS) is 16.1. The van der Waals surface area contributed by atoms with Gasteiger partial charge in [-0.3, -0.25) is 0 Å². The summed E-state index contributed by atoms with van der Waals surface area (Å²) >= 11 is 7.85. The van der Waals surface area contributed by atoms with Gasteiger partial charge in [0.2, 0.25) is 5.13 Å². The van der Waals surface area contributed by atoms with E-state index in [1.807, 2.05) is 68.5 Å². The molecule has 0 aliphatic carbocycles. The molecule has 5 rings (SSSR count). The van der Waals surface area contributed by atoms with E-state index in [1.165, 1.54) is 0 Å². The number of benzene rings is 3. The SMILES string of the molecule is CC1=NN(c2cccc(Cl)c2)C(=N/c2nc3ccccc3s2)/C1=C\c1ccc(N(C)C)cc1. The van der Waals surface area contributed by atoms with E-state index in [-0.39, 0.29) is 0 Å². The molecule has 0 N–H and O–H groups in total. The van der Waals surface area contributed by atoms with Gasteiger partial charge in [-0.25, -0.2) is 9.99 Å². The van der Waals surface area contributed by atoms with Crippen LogP contribution in [0.4, 0.5) is 16.5 Å². The molecule has 1 aliphatic heterocycles. The second kappa shape index (κ2) is 8.81. The summed E-state index contributed by atoms with van der Waals surface area (Å²) in [6.07, 6.45) is 2.12. The van der Waals surface area contributed by atoms with Crippen LogP contribution in [-0.2, 0) is 0 Å². The highest BCUT2D eigenvalue weighted by molar-refractivity contribution is 7.22. The van der Waals surface area contributed by atoms with Gasteiger partial charge in [0.1, 0.15) is 0 Å². The molecule has 0 fully saturated rings. The zero-order valence-corrected chi connectivity index (χ0v) is 20.1. The van der Waals surface area contributed by atoms with Gasteiger partial charge in [-0.2, -0.15) is 10.1 Å². The molecule has 0 atom stereocenters. The summed E-state index contributed by atoms with van der Waals surface area (Å²) in [5, 5.41) is 8.00. The van der Waals surface area contributed by atoms with Crippen molar-refractivity contribution in [2.24, 2.45) is 10.1 Å². The first-order valence-electron chi connectivity index (χ1n) is 10.5. The molecule has 33 heavy (non-hydrogen) atoms. The summed E-state index contributed by atoms with van der Waals surface area (Å²) in [4.78, 5) is 11.8.